The van der Waals surface area contributed by atoms with E-state index in [4.69, 9.17) is 21.1 Å². The maximum absolute atomic E-state index is 5.91. The molecule has 0 spiro atoms. The van der Waals surface area contributed by atoms with Gasteiger partial charge < -0.3 is 9.47 Å². The molecule has 1 atom stereocenters. The lowest BCUT2D eigenvalue weighted by molar-refractivity contribution is -0.106. The van der Waals surface area contributed by atoms with Crippen LogP contribution in [0, 0.1) is 3.57 Å². The third-order valence-corrected chi connectivity index (χ3v) is 3.42. The van der Waals surface area contributed by atoms with Crippen molar-refractivity contribution < 1.29 is 9.47 Å². The maximum Gasteiger partial charge on any atom is 0.199 e. The number of benzene rings is 1. The van der Waals surface area contributed by atoms with Gasteiger partial charge in [-0.05, 0) is 53.6 Å². The van der Waals surface area contributed by atoms with E-state index in [0.29, 0.717) is 5.02 Å². The van der Waals surface area contributed by atoms with Crippen molar-refractivity contribution in [1.82, 2.24) is 0 Å². The fraction of sp³-hybridized carbons (Fsp3) is 0.455. The second-order valence-corrected chi connectivity index (χ2v) is 5.09. The summed E-state index contributed by atoms with van der Waals surface area (Å²) in [6.45, 7) is 0.793. The van der Waals surface area contributed by atoms with Gasteiger partial charge in [0.05, 0.1) is 10.2 Å². The molecular formula is C11H12ClIO2. The van der Waals surface area contributed by atoms with Crippen LogP contribution in [0.1, 0.15) is 19.3 Å². The molecule has 1 fully saturated rings. The first kappa shape index (κ1) is 11.5. The average Bonchev–Trinajstić information content (AvgIpc) is 2.25. The van der Waals surface area contributed by atoms with Crippen LogP contribution in [0.2, 0.25) is 5.02 Å². The van der Waals surface area contributed by atoms with Crippen molar-refractivity contribution in [3.8, 4) is 5.75 Å². The minimum absolute atomic E-state index is 0.106. The summed E-state index contributed by atoms with van der Waals surface area (Å²) in [6.07, 6.45) is 3.16. The zero-order valence-corrected chi connectivity index (χ0v) is 11.1. The van der Waals surface area contributed by atoms with Gasteiger partial charge in [-0.2, -0.15) is 0 Å². The Balaban J connectivity index is 2.05. The van der Waals surface area contributed by atoms with Crippen LogP contribution in [0.4, 0.5) is 0 Å². The number of ether oxygens (including phenoxy) is 2. The first-order valence-corrected chi connectivity index (χ1v) is 6.45. The summed E-state index contributed by atoms with van der Waals surface area (Å²) < 4.78 is 12.3. The molecule has 1 saturated heterocycles. The highest BCUT2D eigenvalue weighted by molar-refractivity contribution is 14.1. The summed E-state index contributed by atoms with van der Waals surface area (Å²) in [5.74, 6) is 0.815. The fourth-order valence-electron chi connectivity index (χ4n) is 1.51. The van der Waals surface area contributed by atoms with Crippen molar-refractivity contribution in [1.29, 1.82) is 0 Å². The Morgan fingerprint density at radius 3 is 3.00 bits per heavy atom. The lowest BCUT2D eigenvalue weighted by Gasteiger charge is -2.24. The second kappa shape index (κ2) is 5.37. The van der Waals surface area contributed by atoms with Crippen molar-refractivity contribution in [2.75, 3.05) is 6.61 Å². The summed E-state index contributed by atoms with van der Waals surface area (Å²) in [5, 5.41) is 0.696. The summed E-state index contributed by atoms with van der Waals surface area (Å²) in [6, 6.07) is 5.64. The lowest BCUT2D eigenvalue weighted by atomic mass is 10.2. The largest absolute Gasteiger partial charge is 0.464 e. The Morgan fingerprint density at radius 2 is 2.27 bits per heavy atom. The van der Waals surface area contributed by atoms with Gasteiger partial charge in [-0.15, -0.1) is 0 Å². The van der Waals surface area contributed by atoms with E-state index < -0.39 is 0 Å². The van der Waals surface area contributed by atoms with Crippen molar-refractivity contribution in [3.05, 3.63) is 26.8 Å². The van der Waals surface area contributed by atoms with Crippen LogP contribution < -0.4 is 4.74 Å². The van der Waals surface area contributed by atoms with Crippen molar-refractivity contribution in [2.24, 2.45) is 0 Å². The van der Waals surface area contributed by atoms with Crippen LogP contribution in [0.15, 0.2) is 18.2 Å². The lowest BCUT2D eigenvalue weighted by Crippen LogP contribution is -2.25. The molecule has 1 aromatic carbocycles. The minimum Gasteiger partial charge on any atom is -0.464 e. The van der Waals surface area contributed by atoms with Gasteiger partial charge in [0.15, 0.2) is 6.29 Å². The van der Waals surface area contributed by atoms with Crippen molar-refractivity contribution >= 4 is 34.2 Å². The smallest absolute Gasteiger partial charge is 0.199 e. The second-order valence-electron chi connectivity index (χ2n) is 3.49. The molecule has 0 aliphatic carbocycles. The first-order chi connectivity index (χ1) is 7.25. The van der Waals surface area contributed by atoms with Gasteiger partial charge in [0, 0.05) is 11.4 Å². The molecule has 82 valence electrons. The Labute approximate surface area is 108 Å². The molecule has 1 aromatic rings. The number of hydrogen-bond acceptors (Lipinski definition) is 2. The molecule has 0 N–H and O–H groups in total. The van der Waals surface area contributed by atoms with Gasteiger partial charge in [0.2, 0.25) is 0 Å². The molecule has 1 heterocycles. The van der Waals surface area contributed by atoms with E-state index in [2.05, 4.69) is 22.6 Å². The molecule has 15 heavy (non-hydrogen) atoms. The highest BCUT2D eigenvalue weighted by Gasteiger charge is 2.16. The SMILES string of the molecule is Clc1ccc(I)c(OC2CCCCO2)c1. The molecule has 1 aliphatic heterocycles. The molecule has 4 heteroatoms. The van der Waals surface area contributed by atoms with Crippen LogP contribution in [0.3, 0.4) is 0 Å². The first-order valence-electron chi connectivity index (χ1n) is 4.99. The molecule has 1 unspecified atom stereocenters. The Bertz CT molecular complexity index is 337. The fourth-order valence-corrected chi connectivity index (χ4v) is 2.14. The quantitative estimate of drug-likeness (QED) is 0.763. The summed E-state index contributed by atoms with van der Waals surface area (Å²) in [7, 11) is 0. The molecule has 0 radical (unpaired) electrons. The van der Waals surface area contributed by atoms with Crippen LogP contribution in [0.25, 0.3) is 0 Å². The van der Waals surface area contributed by atoms with E-state index in [-0.39, 0.29) is 6.29 Å². The summed E-state index contributed by atoms with van der Waals surface area (Å²) in [4.78, 5) is 0. The van der Waals surface area contributed by atoms with Gasteiger partial charge in [0.25, 0.3) is 0 Å². The Hall–Kier alpha value is -0.0000000000000000833. The van der Waals surface area contributed by atoms with Crippen molar-refractivity contribution in [2.45, 2.75) is 25.6 Å². The van der Waals surface area contributed by atoms with Crippen LogP contribution >= 0.6 is 34.2 Å². The molecule has 0 saturated carbocycles. The molecule has 0 aromatic heterocycles. The molecule has 2 nitrogen and oxygen atoms in total. The summed E-state index contributed by atoms with van der Waals surface area (Å²) >= 11 is 8.14. The zero-order chi connectivity index (χ0) is 10.7. The zero-order valence-electron chi connectivity index (χ0n) is 8.21. The molecule has 1 aliphatic rings. The normalized spacial score (nSPS) is 21.3. The predicted octanol–water partition coefficient (Wildman–Crippen LogP) is 3.85. The van der Waals surface area contributed by atoms with E-state index in [1.165, 1.54) is 6.42 Å². The van der Waals surface area contributed by atoms with Gasteiger partial charge in [-0.1, -0.05) is 11.6 Å². The van der Waals surface area contributed by atoms with E-state index in [9.17, 15) is 0 Å². The topological polar surface area (TPSA) is 18.5 Å². The number of hydrogen-bond donors (Lipinski definition) is 0. The third-order valence-electron chi connectivity index (χ3n) is 2.29. The Kier molecular flexibility index (Phi) is 4.11. The Morgan fingerprint density at radius 1 is 1.40 bits per heavy atom. The standard InChI is InChI=1S/C11H12ClIO2/c12-8-4-5-9(13)10(7-8)15-11-3-1-2-6-14-11/h4-5,7,11H,1-3,6H2. The number of rotatable bonds is 2. The molecular weight excluding hydrogens is 326 g/mol. The highest BCUT2D eigenvalue weighted by atomic mass is 127. The van der Waals surface area contributed by atoms with Crippen LogP contribution in [-0.4, -0.2) is 12.9 Å². The average molecular weight is 339 g/mol. The molecule has 0 amide bonds. The van der Waals surface area contributed by atoms with Crippen LogP contribution in [-0.2, 0) is 4.74 Å². The van der Waals surface area contributed by atoms with E-state index in [1.807, 2.05) is 18.2 Å². The monoisotopic (exact) mass is 338 g/mol. The van der Waals surface area contributed by atoms with Crippen molar-refractivity contribution in [3.63, 3.8) is 0 Å². The van der Waals surface area contributed by atoms with Gasteiger partial charge in [-0.3, -0.25) is 0 Å². The minimum atomic E-state index is -0.106. The predicted molar refractivity (Wildman–Crippen MR) is 68.4 cm³/mol. The van der Waals surface area contributed by atoms with Gasteiger partial charge in [-0.25, -0.2) is 0 Å². The van der Waals surface area contributed by atoms with E-state index in [0.717, 1.165) is 28.8 Å². The summed E-state index contributed by atoms with van der Waals surface area (Å²) in [5.41, 5.74) is 0. The van der Waals surface area contributed by atoms with E-state index in [1.54, 1.807) is 0 Å². The van der Waals surface area contributed by atoms with Crippen LogP contribution in [0.5, 0.6) is 5.75 Å². The molecule has 2 rings (SSSR count). The maximum atomic E-state index is 5.91. The van der Waals surface area contributed by atoms with E-state index >= 15 is 0 Å². The van der Waals surface area contributed by atoms with Gasteiger partial charge in [0.1, 0.15) is 5.75 Å². The third kappa shape index (κ3) is 3.23. The number of halogens is 2. The highest BCUT2D eigenvalue weighted by Crippen LogP contribution is 2.27. The molecule has 0 bridgehead atoms. The van der Waals surface area contributed by atoms with Gasteiger partial charge >= 0.3 is 0 Å².